The molecular formula is C26H29Cl2N5O2. The monoisotopic (exact) mass is 513 g/mol. The Kier molecular flexibility index (Phi) is 6.49. The molecular weight excluding hydrogens is 485 g/mol. The molecule has 0 saturated heterocycles. The van der Waals surface area contributed by atoms with Gasteiger partial charge in [-0.15, -0.1) is 0 Å². The van der Waals surface area contributed by atoms with E-state index in [1.54, 1.807) is 18.6 Å². The number of esters is 1. The van der Waals surface area contributed by atoms with E-state index < -0.39 is 5.60 Å². The highest BCUT2D eigenvalue weighted by Gasteiger charge is 2.41. The predicted molar refractivity (Wildman–Crippen MR) is 138 cm³/mol. The summed E-state index contributed by atoms with van der Waals surface area (Å²) >= 11 is 12.6. The zero-order valence-corrected chi connectivity index (χ0v) is 21.6. The molecule has 1 aromatic heterocycles. The topological polar surface area (TPSA) is 70.4 Å². The van der Waals surface area contributed by atoms with Crippen molar-refractivity contribution in [2.24, 2.45) is 10.1 Å². The minimum atomic E-state index is -0.623. The van der Waals surface area contributed by atoms with Crippen LogP contribution in [0.25, 0.3) is 0 Å². The highest BCUT2D eigenvalue weighted by molar-refractivity contribution is 6.31. The largest absolute Gasteiger partial charge is 0.455 e. The maximum Gasteiger partial charge on any atom is 0.355 e. The number of halogens is 2. The van der Waals surface area contributed by atoms with Crippen molar-refractivity contribution in [3.63, 3.8) is 0 Å². The van der Waals surface area contributed by atoms with Crippen LogP contribution in [0.15, 0.2) is 62.6 Å². The molecule has 0 bridgehead atoms. The number of fused-ring (bicyclic) bond motifs is 2. The summed E-state index contributed by atoms with van der Waals surface area (Å²) in [4.78, 5) is 24.3. The van der Waals surface area contributed by atoms with Crippen molar-refractivity contribution in [1.29, 1.82) is 0 Å². The third-order valence-corrected chi connectivity index (χ3v) is 7.31. The van der Waals surface area contributed by atoms with E-state index in [0.29, 0.717) is 33.9 Å². The molecule has 0 radical (unpaired) electrons. The fourth-order valence-corrected chi connectivity index (χ4v) is 5.60. The van der Waals surface area contributed by atoms with E-state index in [4.69, 9.17) is 38.0 Å². The van der Waals surface area contributed by atoms with Gasteiger partial charge in [0.25, 0.3) is 0 Å². The van der Waals surface area contributed by atoms with Gasteiger partial charge in [-0.3, -0.25) is 14.9 Å². The third kappa shape index (κ3) is 4.89. The Hall–Kier alpha value is -2.64. The molecule has 5 rings (SSSR count). The fourth-order valence-electron chi connectivity index (χ4n) is 5.15. The highest BCUT2D eigenvalue weighted by Crippen LogP contribution is 2.40. The van der Waals surface area contributed by atoms with Crippen LogP contribution in [0.1, 0.15) is 64.4 Å². The molecule has 2 aliphatic carbocycles. The van der Waals surface area contributed by atoms with Crippen molar-refractivity contribution in [2.45, 2.75) is 76.6 Å². The molecule has 4 aliphatic rings. The lowest BCUT2D eigenvalue weighted by atomic mass is 9.82. The van der Waals surface area contributed by atoms with Crippen molar-refractivity contribution < 1.29 is 9.53 Å². The Morgan fingerprint density at radius 3 is 2.66 bits per heavy atom. The lowest BCUT2D eigenvalue weighted by Gasteiger charge is -2.37. The first-order valence-electron chi connectivity index (χ1n) is 12.0. The molecule has 7 nitrogen and oxygen atoms in total. The zero-order chi connectivity index (χ0) is 24.7. The number of carbonyl (C=O) groups excluding carboxylic acids is 1. The first-order valence-corrected chi connectivity index (χ1v) is 12.8. The molecule has 1 aromatic rings. The summed E-state index contributed by atoms with van der Waals surface area (Å²) in [5, 5.41) is 8.02. The normalized spacial score (nSPS) is 26.1. The van der Waals surface area contributed by atoms with Crippen LogP contribution in [-0.2, 0) is 9.53 Å². The SMILES string of the molecule is CC(C)(C)OC(=O)C1=C2CC=C(Cl)C=C2N=CC2N1C=NN2C1CCC(c2cccnc2Cl)CC1. The second-order valence-corrected chi connectivity index (χ2v) is 11.0. The number of hydrogen-bond donors (Lipinski definition) is 0. The molecule has 1 atom stereocenters. The number of hydrazone groups is 1. The molecule has 0 N–H and O–H groups in total. The van der Waals surface area contributed by atoms with E-state index in [-0.39, 0.29) is 18.2 Å². The predicted octanol–water partition coefficient (Wildman–Crippen LogP) is 5.74. The van der Waals surface area contributed by atoms with Gasteiger partial charge in [0.05, 0.1) is 5.70 Å². The van der Waals surface area contributed by atoms with Crippen LogP contribution in [0, 0.1) is 0 Å². The second-order valence-electron chi connectivity index (χ2n) is 10.3. The van der Waals surface area contributed by atoms with Gasteiger partial charge < -0.3 is 4.74 Å². The maximum atomic E-state index is 13.4. The van der Waals surface area contributed by atoms with Gasteiger partial charge in [-0.25, -0.2) is 9.78 Å². The van der Waals surface area contributed by atoms with Gasteiger partial charge in [-0.05, 0) is 76.5 Å². The molecule has 1 fully saturated rings. The first-order chi connectivity index (χ1) is 16.7. The van der Waals surface area contributed by atoms with Crippen LogP contribution in [0.4, 0.5) is 0 Å². The van der Waals surface area contributed by atoms with Gasteiger partial charge in [-0.1, -0.05) is 35.3 Å². The van der Waals surface area contributed by atoms with Crippen molar-refractivity contribution in [2.75, 3.05) is 0 Å². The van der Waals surface area contributed by atoms with Gasteiger partial charge in [-0.2, -0.15) is 5.10 Å². The van der Waals surface area contributed by atoms with Crippen molar-refractivity contribution in [1.82, 2.24) is 14.9 Å². The van der Waals surface area contributed by atoms with Gasteiger partial charge >= 0.3 is 5.97 Å². The number of rotatable bonds is 3. The average molecular weight is 514 g/mol. The highest BCUT2D eigenvalue weighted by atomic mass is 35.5. The van der Waals surface area contributed by atoms with Crippen LogP contribution in [0.5, 0.6) is 0 Å². The van der Waals surface area contributed by atoms with Crippen LogP contribution in [0.2, 0.25) is 5.15 Å². The Labute approximate surface area is 215 Å². The number of ether oxygens (including phenoxy) is 1. The van der Waals surface area contributed by atoms with Crippen molar-refractivity contribution in [3.05, 3.63) is 63.2 Å². The number of carbonyl (C=O) groups is 1. The van der Waals surface area contributed by atoms with Crippen LogP contribution in [-0.4, -0.2) is 51.2 Å². The molecule has 2 aliphatic heterocycles. The van der Waals surface area contributed by atoms with E-state index in [1.165, 1.54) is 0 Å². The Morgan fingerprint density at radius 1 is 1.17 bits per heavy atom. The lowest BCUT2D eigenvalue weighted by Crippen LogP contribution is -2.47. The Morgan fingerprint density at radius 2 is 1.94 bits per heavy atom. The van der Waals surface area contributed by atoms with Crippen LogP contribution in [0.3, 0.4) is 0 Å². The number of allylic oxidation sites excluding steroid dienone is 4. The minimum Gasteiger partial charge on any atom is -0.455 e. The summed E-state index contributed by atoms with van der Waals surface area (Å²) in [6.45, 7) is 5.60. The summed E-state index contributed by atoms with van der Waals surface area (Å²) in [6.07, 6.45) is 13.1. The Bertz CT molecular complexity index is 1170. The number of aromatic nitrogens is 1. The molecule has 1 saturated carbocycles. The average Bonchev–Trinajstić information content (AvgIpc) is 3.14. The van der Waals surface area contributed by atoms with Crippen LogP contribution < -0.4 is 0 Å². The van der Waals surface area contributed by atoms with E-state index in [2.05, 4.69) is 16.1 Å². The number of aliphatic imine (C=N–C) groups is 1. The van der Waals surface area contributed by atoms with Gasteiger partial charge in [0, 0.05) is 29.1 Å². The molecule has 0 spiro atoms. The molecule has 3 heterocycles. The quantitative estimate of drug-likeness (QED) is 0.380. The van der Waals surface area contributed by atoms with Crippen molar-refractivity contribution in [3.8, 4) is 0 Å². The summed E-state index contributed by atoms with van der Waals surface area (Å²) < 4.78 is 5.80. The molecule has 9 heteroatoms. The summed E-state index contributed by atoms with van der Waals surface area (Å²) in [5.41, 5.74) is 2.45. The number of nitrogens with zero attached hydrogens (tertiary/aromatic N) is 5. The van der Waals surface area contributed by atoms with E-state index in [1.807, 2.05) is 44.0 Å². The lowest BCUT2D eigenvalue weighted by molar-refractivity contribution is -0.151. The van der Waals surface area contributed by atoms with E-state index in [0.717, 1.165) is 36.8 Å². The first kappa shape index (κ1) is 24.1. The van der Waals surface area contributed by atoms with Gasteiger partial charge in [0.2, 0.25) is 0 Å². The molecule has 35 heavy (non-hydrogen) atoms. The standard InChI is InChI=1S/C26H29Cl2N5O2/c1-26(2,3)35-25(34)23-20-11-8-17(27)13-21(20)30-14-22-32(23)15-31-33(22)18-9-6-16(7-10-18)19-5-4-12-29-24(19)28/h4-5,8,12-16,18,22H,6-7,9-11H2,1-3H3. The molecule has 1 unspecified atom stereocenters. The number of pyridine rings is 1. The second kappa shape index (κ2) is 9.43. The summed E-state index contributed by atoms with van der Waals surface area (Å²) in [5.74, 6) is 0.00201. The summed E-state index contributed by atoms with van der Waals surface area (Å²) in [7, 11) is 0. The van der Waals surface area contributed by atoms with Crippen LogP contribution >= 0.6 is 23.2 Å². The van der Waals surface area contributed by atoms with E-state index >= 15 is 0 Å². The molecule has 0 amide bonds. The minimum absolute atomic E-state index is 0.222. The Balaban J connectivity index is 1.39. The number of hydrogen-bond acceptors (Lipinski definition) is 7. The smallest absolute Gasteiger partial charge is 0.355 e. The third-order valence-electron chi connectivity index (χ3n) is 6.73. The van der Waals surface area contributed by atoms with Gasteiger partial charge in [0.15, 0.2) is 6.17 Å². The molecule has 184 valence electrons. The van der Waals surface area contributed by atoms with Crippen molar-refractivity contribution >= 4 is 41.7 Å². The summed E-state index contributed by atoms with van der Waals surface area (Å²) in [6, 6.07) is 4.24. The van der Waals surface area contributed by atoms with E-state index in [9.17, 15) is 4.79 Å². The zero-order valence-electron chi connectivity index (χ0n) is 20.1. The molecule has 0 aromatic carbocycles. The van der Waals surface area contributed by atoms with Gasteiger partial charge in [0.1, 0.15) is 22.8 Å². The maximum absolute atomic E-state index is 13.4. The fraction of sp³-hybridized carbons (Fsp3) is 0.462.